The van der Waals surface area contributed by atoms with Gasteiger partial charge in [0, 0.05) is 31.4 Å². The van der Waals surface area contributed by atoms with E-state index < -0.39 is 0 Å². The molecule has 0 radical (unpaired) electrons. The molecule has 0 saturated carbocycles. The van der Waals surface area contributed by atoms with E-state index in [1.165, 1.54) is 6.92 Å². The minimum Gasteiger partial charge on any atom is -0.372 e. The van der Waals surface area contributed by atoms with Gasteiger partial charge in [-0.05, 0) is 69.5 Å². The van der Waals surface area contributed by atoms with E-state index in [0.717, 1.165) is 46.8 Å². The van der Waals surface area contributed by atoms with E-state index in [4.69, 9.17) is 0 Å². The summed E-state index contributed by atoms with van der Waals surface area (Å²) in [5, 5.41) is 2.96. The van der Waals surface area contributed by atoms with Crippen molar-refractivity contribution in [1.29, 1.82) is 0 Å². The molecule has 2 aromatic carbocycles. The molecule has 5 nitrogen and oxygen atoms in total. The molecule has 0 saturated heterocycles. The second-order valence-corrected chi connectivity index (χ2v) is 7.07. The van der Waals surface area contributed by atoms with Crippen LogP contribution in [0.15, 0.2) is 36.4 Å². The van der Waals surface area contributed by atoms with Crippen LogP contribution in [0.3, 0.4) is 0 Å². The summed E-state index contributed by atoms with van der Waals surface area (Å²) in [5.41, 5.74) is 5.66. The predicted octanol–water partition coefficient (Wildman–Crippen LogP) is 4.45. The molecular formula is C23H31N3O2. The minimum atomic E-state index is -0.212. The predicted molar refractivity (Wildman–Crippen MR) is 117 cm³/mol. The van der Waals surface area contributed by atoms with Gasteiger partial charge < -0.3 is 15.1 Å². The van der Waals surface area contributed by atoms with Crippen molar-refractivity contribution in [2.75, 3.05) is 34.8 Å². The molecule has 5 heteroatoms. The number of carbonyl (C=O) groups excluding carboxylic acids is 2. The van der Waals surface area contributed by atoms with Crippen LogP contribution >= 0.6 is 0 Å². The Balaban J connectivity index is 2.19. The van der Waals surface area contributed by atoms with E-state index in [0.29, 0.717) is 0 Å². The first-order chi connectivity index (χ1) is 13.3. The number of nitrogens with zero attached hydrogens (tertiary/aromatic N) is 2. The van der Waals surface area contributed by atoms with Crippen LogP contribution in [0.2, 0.25) is 0 Å². The van der Waals surface area contributed by atoms with Gasteiger partial charge in [0.15, 0.2) is 0 Å². The van der Waals surface area contributed by atoms with Crippen LogP contribution in [0.25, 0.3) is 0 Å². The second kappa shape index (κ2) is 9.40. The summed E-state index contributed by atoms with van der Waals surface area (Å²) >= 11 is 0. The smallest absolute Gasteiger partial charge is 0.244 e. The number of aryl methyl sites for hydroxylation is 3. The third kappa shape index (κ3) is 4.91. The Bertz CT molecular complexity index is 837. The Kier molecular flexibility index (Phi) is 7.21. The molecule has 28 heavy (non-hydrogen) atoms. The number of rotatable bonds is 7. The van der Waals surface area contributed by atoms with Crippen LogP contribution in [-0.4, -0.2) is 31.4 Å². The zero-order valence-electron chi connectivity index (χ0n) is 17.8. The molecule has 0 bridgehead atoms. The van der Waals surface area contributed by atoms with Crippen molar-refractivity contribution in [2.24, 2.45) is 0 Å². The summed E-state index contributed by atoms with van der Waals surface area (Å²) in [4.78, 5) is 28.7. The van der Waals surface area contributed by atoms with Gasteiger partial charge in [-0.1, -0.05) is 18.2 Å². The number of amides is 2. The van der Waals surface area contributed by atoms with Crippen molar-refractivity contribution in [3.63, 3.8) is 0 Å². The lowest BCUT2D eigenvalue weighted by atomic mass is 10.1. The van der Waals surface area contributed by atoms with Crippen LogP contribution in [0, 0.1) is 20.8 Å². The van der Waals surface area contributed by atoms with E-state index >= 15 is 0 Å². The summed E-state index contributed by atoms with van der Waals surface area (Å²) in [6.07, 6.45) is 0. The maximum Gasteiger partial charge on any atom is 0.244 e. The van der Waals surface area contributed by atoms with Gasteiger partial charge in [-0.2, -0.15) is 0 Å². The molecule has 2 aromatic rings. The van der Waals surface area contributed by atoms with Crippen LogP contribution in [0.4, 0.5) is 17.1 Å². The van der Waals surface area contributed by atoms with Crippen molar-refractivity contribution in [3.8, 4) is 0 Å². The summed E-state index contributed by atoms with van der Waals surface area (Å²) in [6.45, 7) is 13.5. The minimum absolute atomic E-state index is 0.0156. The van der Waals surface area contributed by atoms with Crippen LogP contribution in [-0.2, 0) is 9.59 Å². The number of benzene rings is 2. The van der Waals surface area contributed by atoms with Crippen molar-refractivity contribution >= 4 is 28.9 Å². The lowest BCUT2D eigenvalue weighted by Crippen LogP contribution is -2.37. The SMILES string of the molecule is CCN(CC)c1ccc(NC(=O)CN(C(C)=O)c2c(C)cccc2C)c(C)c1. The first-order valence-electron chi connectivity index (χ1n) is 9.78. The highest BCUT2D eigenvalue weighted by molar-refractivity contribution is 6.03. The molecular weight excluding hydrogens is 350 g/mol. The van der Waals surface area contributed by atoms with Gasteiger partial charge in [0.1, 0.15) is 6.54 Å². The maximum atomic E-state index is 12.7. The fourth-order valence-electron chi connectivity index (χ4n) is 3.49. The zero-order valence-corrected chi connectivity index (χ0v) is 17.8. The zero-order chi connectivity index (χ0) is 20.8. The summed E-state index contributed by atoms with van der Waals surface area (Å²) in [6, 6.07) is 11.9. The first-order valence-corrected chi connectivity index (χ1v) is 9.78. The highest BCUT2D eigenvalue weighted by atomic mass is 16.2. The third-order valence-corrected chi connectivity index (χ3v) is 5.00. The molecule has 0 aliphatic heterocycles. The van der Waals surface area contributed by atoms with Crippen molar-refractivity contribution in [1.82, 2.24) is 0 Å². The number of para-hydroxylation sites is 1. The van der Waals surface area contributed by atoms with E-state index in [2.05, 4.69) is 30.1 Å². The van der Waals surface area contributed by atoms with E-state index in [-0.39, 0.29) is 18.4 Å². The molecule has 0 aromatic heterocycles. The lowest BCUT2D eigenvalue weighted by Gasteiger charge is -2.25. The average Bonchev–Trinajstić information content (AvgIpc) is 2.63. The number of anilines is 3. The van der Waals surface area contributed by atoms with Gasteiger partial charge >= 0.3 is 0 Å². The van der Waals surface area contributed by atoms with E-state index in [9.17, 15) is 9.59 Å². The Morgan fingerprint density at radius 2 is 1.54 bits per heavy atom. The van der Waals surface area contributed by atoms with Crippen molar-refractivity contribution in [3.05, 3.63) is 53.1 Å². The molecule has 0 spiro atoms. The van der Waals surface area contributed by atoms with Gasteiger partial charge in [0.05, 0.1) is 5.69 Å². The maximum absolute atomic E-state index is 12.7. The molecule has 2 rings (SSSR count). The fraction of sp³-hybridized carbons (Fsp3) is 0.391. The van der Waals surface area contributed by atoms with E-state index in [1.54, 1.807) is 4.90 Å². The number of hydrogen-bond donors (Lipinski definition) is 1. The largest absolute Gasteiger partial charge is 0.372 e. The van der Waals surface area contributed by atoms with Crippen molar-refractivity contribution < 1.29 is 9.59 Å². The fourth-order valence-corrected chi connectivity index (χ4v) is 3.49. The van der Waals surface area contributed by atoms with Gasteiger partial charge in [-0.15, -0.1) is 0 Å². The van der Waals surface area contributed by atoms with Crippen molar-refractivity contribution in [2.45, 2.75) is 41.5 Å². The number of hydrogen-bond acceptors (Lipinski definition) is 3. The quantitative estimate of drug-likeness (QED) is 0.771. The molecule has 150 valence electrons. The molecule has 0 fully saturated rings. The highest BCUT2D eigenvalue weighted by Crippen LogP contribution is 2.26. The molecule has 0 unspecified atom stereocenters. The molecule has 0 aliphatic rings. The standard InChI is InChI=1S/C23H31N3O2/c1-7-25(8-2)20-12-13-21(18(5)14-20)24-22(28)15-26(19(6)27)23-16(3)10-9-11-17(23)4/h9-14H,7-8,15H2,1-6H3,(H,24,28). The second-order valence-electron chi connectivity index (χ2n) is 7.07. The van der Waals surface area contributed by atoms with Gasteiger partial charge in [0.2, 0.25) is 11.8 Å². The van der Waals surface area contributed by atoms with Crippen LogP contribution in [0.1, 0.15) is 37.5 Å². The Morgan fingerprint density at radius 3 is 2.04 bits per heavy atom. The Labute approximate surface area is 168 Å². The van der Waals surface area contributed by atoms with Gasteiger partial charge in [-0.25, -0.2) is 0 Å². The molecule has 2 amide bonds. The summed E-state index contributed by atoms with van der Waals surface area (Å²) < 4.78 is 0. The van der Waals surface area contributed by atoms with Gasteiger partial charge in [-0.3, -0.25) is 9.59 Å². The Hall–Kier alpha value is -2.82. The van der Waals surface area contributed by atoms with E-state index in [1.807, 2.05) is 51.1 Å². The lowest BCUT2D eigenvalue weighted by molar-refractivity contribution is -0.120. The highest BCUT2D eigenvalue weighted by Gasteiger charge is 2.19. The molecule has 0 heterocycles. The van der Waals surface area contributed by atoms with Crippen LogP contribution in [0.5, 0.6) is 0 Å². The molecule has 0 aliphatic carbocycles. The summed E-state index contributed by atoms with van der Waals surface area (Å²) in [7, 11) is 0. The molecule has 1 N–H and O–H groups in total. The van der Waals surface area contributed by atoms with Gasteiger partial charge in [0.25, 0.3) is 0 Å². The topological polar surface area (TPSA) is 52.7 Å². The first kappa shape index (κ1) is 21.5. The summed E-state index contributed by atoms with van der Waals surface area (Å²) in [5.74, 6) is -0.363. The number of nitrogens with one attached hydrogen (secondary N) is 1. The average molecular weight is 382 g/mol. The Morgan fingerprint density at radius 1 is 0.929 bits per heavy atom. The normalized spacial score (nSPS) is 10.5. The molecule has 0 atom stereocenters. The third-order valence-electron chi connectivity index (χ3n) is 5.00. The van der Waals surface area contributed by atoms with Crippen LogP contribution < -0.4 is 15.1 Å². The number of carbonyl (C=O) groups is 2. The monoisotopic (exact) mass is 381 g/mol.